The van der Waals surface area contributed by atoms with E-state index in [4.69, 9.17) is 0 Å². The standard InChI is InChI=1S/C15H20N2O/c1-2-10-5-3-6-11-12(9-17-14(10)11)15(18)13-7-4-8-16-13/h3,5-6,9,13,15-18H,2,4,7-8H2,1H3. The number of para-hydroxylation sites is 1. The quantitative estimate of drug-likeness (QED) is 0.777. The fourth-order valence-corrected chi connectivity index (χ4v) is 2.98. The van der Waals surface area contributed by atoms with Gasteiger partial charge in [0, 0.05) is 28.7 Å². The predicted molar refractivity (Wildman–Crippen MR) is 73.7 cm³/mol. The smallest absolute Gasteiger partial charge is 0.0963 e. The molecule has 2 heterocycles. The van der Waals surface area contributed by atoms with Crippen molar-refractivity contribution < 1.29 is 5.11 Å². The number of aryl methyl sites for hydroxylation is 1. The summed E-state index contributed by atoms with van der Waals surface area (Å²) in [5, 5.41) is 15.0. The molecule has 1 fully saturated rings. The number of rotatable bonds is 3. The topological polar surface area (TPSA) is 48.0 Å². The van der Waals surface area contributed by atoms with Gasteiger partial charge in [0.25, 0.3) is 0 Å². The summed E-state index contributed by atoms with van der Waals surface area (Å²) in [4.78, 5) is 3.32. The van der Waals surface area contributed by atoms with E-state index in [0.29, 0.717) is 0 Å². The molecule has 96 valence electrons. The molecule has 3 rings (SSSR count). The minimum absolute atomic E-state index is 0.203. The van der Waals surface area contributed by atoms with Gasteiger partial charge in [-0.1, -0.05) is 25.1 Å². The maximum atomic E-state index is 10.5. The highest BCUT2D eigenvalue weighted by atomic mass is 16.3. The van der Waals surface area contributed by atoms with Gasteiger partial charge in [-0.2, -0.15) is 0 Å². The van der Waals surface area contributed by atoms with Gasteiger partial charge >= 0.3 is 0 Å². The van der Waals surface area contributed by atoms with Gasteiger partial charge in [0.2, 0.25) is 0 Å². The Balaban J connectivity index is 2.01. The Kier molecular flexibility index (Phi) is 3.10. The van der Waals surface area contributed by atoms with Gasteiger partial charge in [0.05, 0.1) is 6.10 Å². The molecule has 3 nitrogen and oxygen atoms in total. The largest absolute Gasteiger partial charge is 0.387 e. The zero-order chi connectivity index (χ0) is 12.5. The van der Waals surface area contributed by atoms with Crippen LogP contribution in [0.1, 0.15) is 37.0 Å². The minimum Gasteiger partial charge on any atom is -0.387 e. The molecule has 0 saturated carbocycles. The molecule has 0 aliphatic carbocycles. The van der Waals surface area contributed by atoms with Gasteiger partial charge < -0.3 is 15.4 Å². The fraction of sp³-hybridized carbons (Fsp3) is 0.467. The molecule has 0 amide bonds. The van der Waals surface area contributed by atoms with E-state index in [1.165, 1.54) is 11.1 Å². The van der Waals surface area contributed by atoms with Crippen molar-refractivity contribution in [2.24, 2.45) is 0 Å². The number of hydrogen-bond donors (Lipinski definition) is 3. The maximum Gasteiger partial charge on any atom is 0.0963 e. The monoisotopic (exact) mass is 244 g/mol. The van der Waals surface area contributed by atoms with Crippen LogP contribution in [-0.4, -0.2) is 22.7 Å². The summed E-state index contributed by atoms with van der Waals surface area (Å²) in [6, 6.07) is 6.52. The van der Waals surface area contributed by atoms with Crippen LogP contribution in [0, 0.1) is 0 Å². The maximum absolute atomic E-state index is 10.5. The van der Waals surface area contributed by atoms with Gasteiger partial charge in [0.1, 0.15) is 0 Å². The lowest BCUT2D eigenvalue weighted by atomic mass is 9.99. The SMILES string of the molecule is CCc1cccc2c(C(O)C3CCCN3)c[nH]c12. The number of hydrogen-bond acceptors (Lipinski definition) is 2. The first-order chi connectivity index (χ1) is 8.81. The van der Waals surface area contributed by atoms with Crippen LogP contribution in [0.15, 0.2) is 24.4 Å². The molecule has 0 bridgehead atoms. The van der Waals surface area contributed by atoms with E-state index in [0.717, 1.165) is 36.8 Å². The molecule has 0 spiro atoms. The molecule has 1 aliphatic heterocycles. The molecule has 3 N–H and O–H groups in total. The van der Waals surface area contributed by atoms with Crippen molar-refractivity contribution in [3.05, 3.63) is 35.5 Å². The van der Waals surface area contributed by atoms with E-state index in [2.05, 4.69) is 35.4 Å². The average Bonchev–Trinajstić information content (AvgIpc) is 3.06. The third-order valence-electron chi connectivity index (χ3n) is 4.01. The zero-order valence-corrected chi connectivity index (χ0v) is 10.7. The van der Waals surface area contributed by atoms with E-state index in [1.807, 2.05) is 6.20 Å². The normalized spacial score (nSPS) is 21.6. The molecule has 2 unspecified atom stereocenters. The Bertz CT molecular complexity index is 540. The molecule has 1 aromatic carbocycles. The Labute approximate surface area is 107 Å². The van der Waals surface area contributed by atoms with Gasteiger partial charge in [0.15, 0.2) is 0 Å². The van der Waals surface area contributed by atoms with Crippen LogP contribution in [0.25, 0.3) is 10.9 Å². The summed E-state index contributed by atoms with van der Waals surface area (Å²) in [5.41, 5.74) is 3.51. The second-order valence-electron chi connectivity index (χ2n) is 5.08. The molecule has 1 aliphatic rings. The molecule has 0 radical (unpaired) electrons. The summed E-state index contributed by atoms with van der Waals surface area (Å²) in [7, 11) is 0. The molecule has 1 saturated heterocycles. The zero-order valence-electron chi connectivity index (χ0n) is 10.7. The van der Waals surface area contributed by atoms with E-state index < -0.39 is 6.10 Å². The molecule has 18 heavy (non-hydrogen) atoms. The predicted octanol–water partition coefficient (Wildman–Crippen LogP) is 2.52. The van der Waals surface area contributed by atoms with Crippen molar-refractivity contribution in [3.8, 4) is 0 Å². The molecular formula is C15H20N2O. The Hall–Kier alpha value is -1.32. The first-order valence-corrected chi connectivity index (χ1v) is 6.81. The highest BCUT2D eigenvalue weighted by Crippen LogP contribution is 2.30. The molecular weight excluding hydrogens is 224 g/mol. The van der Waals surface area contributed by atoms with Crippen LogP contribution in [-0.2, 0) is 6.42 Å². The Morgan fingerprint density at radius 1 is 1.44 bits per heavy atom. The second kappa shape index (κ2) is 4.75. The third kappa shape index (κ3) is 1.84. The van der Waals surface area contributed by atoms with Crippen LogP contribution in [0.5, 0.6) is 0 Å². The summed E-state index contributed by atoms with van der Waals surface area (Å²) in [5.74, 6) is 0. The number of nitrogens with one attached hydrogen (secondary N) is 2. The van der Waals surface area contributed by atoms with Gasteiger partial charge in [-0.05, 0) is 31.4 Å². The van der Waals surface area contributed by atoms with Crippen molar-refractivity contribution in [1.29, 1.82) is 0 Å². The first kappa shape index (κ1) is 11.8. The number of aliphatic hydroxyl groups excluding tert-OH is 1. The van der Waals surface area contributed by atoms with E-state index in [-0.39, 0.29) is 6.04 Å². The minimum atomic E-state index is -0.409. The molecule has 1 aromatic heterocycles. The lowest BCUT2D eigenvalue weighted by Gasteiger charge is -2.17. The number of benzene rings is 1. The van der Waals surface area contributed by atoms with Crippen LogP contribution in [0.3, 0.4) is 0 Å². The van der Waals surface area contributed by atoms with Crippen LogP contribution in [0.2, 0.25) is 0 Å². The van der Waals surface area contributed by atoms with Crippen LogP contribution in [0.4, 0.5) is 0 Å². The van der Waals surface area contributed by atoms with E-state index in [9.17, 15) is 5.11 Å². The number of H-pyrrole nitrogens is 1. The number of aliphatic hydroxyl groups is 1. The Morgan fingerprint density at radius 2 is 2.33 bits per heavy atom. The number of aromatic amines is 1. The lowest BCUT2D eigenvalue weighted by molar-refractivity contribution is 0.139. The van der Waals surface area contributed by atoms with Gasteiger partial charge in [-0.15, -0.1) is 0 Å². The summed E-state index contributed by atoms with van der Waals surface area (Å²) in [6.07, 6.45) is 4.78. The summed E-state index contributed by atoms with van der Waals surface area (Å²) < 4.78 is 0. The molecule has 3 heteroatoms. The number of fused-ring (bicyclic) bond motifs is 1. The van der Waals surface area contributed by atoms with Crippen molar-refractivity contribution in [1.82, 2.24) is 10.3 Å². The summed E-state index contributed by atoms with van der Waals surface area (Å²) in [6.45, 7) is 3.18. The lowest BCUT2D eigenvalue weighted by Crippen LogP contribution is -2.28. The van der Waals surface area contributed by atoms with Crippen molar-refractivity contribution in [2.75, 3.05) is 6.54 Å². The number of aromatic nitrogens is 1. The van der Waals surface area contributed by atoms with E-state index >= 15 is 0 Å². The van der Waals surface area contributed by atoms with Gasteiger partial charge in [-0.3, -0.25) is 0 Å². The van der Waals surface area contributed by atoms with Crippen molar-refractivity contribution in [2.45, 2.75) is 38.3 Å². The van der Waals surface area contributed by atoms with E-state index in [1.54, 1.807) is 0 Å². The highest BCUT2D eigenvalue weighted by molar-refractivity contribution is 5.86. The van der Waals surface area contributed by atoms with Crippen LogP contribution < -0.4 is 5.32 Å². The summed E-state index contributed by atoms with van der Waals surface area (Å²) >= 11 is 0. The van der Waals surface area contributed by atoms with Crippen LogP contribution >= 0.6 is 0 Å². The van der Waals surface area contributed by atoms with Crippen molar-refractivity contribution in [3.63, 3.8) is 0 Å². The van der Waals surface area contributed by atoms with Gasteiger partial charge in [-0.25, -0.2) is 0 Å². The fourth-order valence-electron chi connectivity index (χ4n) is 2.98. The van der Waals surface area contributed by atoms with Crippen molar-refractivity contribution >= 4 is 10.9 Å². The first-order valence-electron chi connectivity index (χ1n) is 6.81. The molecule has 2 atom stereocenters. The molecule has 2 aromatic rings. The Morgan fingerprint density at radius 3 is 3.06 bits per heavy atom. The average molecular weight is 244 g/mol. The second-order valence-corrected chi connectivity index (χ2v) is 5.08. The third-order valence-corrected chi connectivity index (χ3v) is 4.01. The highest BCUT2D eigenvalue weighted by Gasteiger charge is 2.26.